The second kappa shape index (κ2) is 24.9. The Bertz CT molecular complexity index is 3860. The van der Waals surface area contributed by atoms with Gasteiger partial charge in [0, 0.05) is 67.9 Å². The number of ketones is 1. The van der Waals surface area contributed by atoms with Crippen LogP contribution in [0.4, 0.5) is 0 Å². The molecule has 10 rings (SSSR count). The molecule has 420 valence electrons. The number of carbonyl (C=O) groups is 6. The number of halogens is 1. The zero-order valence-electron chi connectivity index (χ0n) is 43.0. The topological polar surface area (TPSA) is 341 Å². The van der Waals surface area contributed by atoms with Crippen molar-refractivity contribution in [2.45, 2.75) is 69.4 Å². The number of pyridine rings is 1. The minimum atomic E-state index is -1.31. The number of benzene rings is 2. The number of aromatic hydroxyl groups is 1. The number of thiazole rings is 6. The Morgan fingerprint density at radius 2 is 1.30 bits per heavy atom. The summed E-state index contributed by atoms with van der Waals surface area (Å²) in [5.41, 5.74) is 14.2. The number of primary amides is 2. The first-order valence-corrected chi connectivity index (χ1v) is 30.7. The second-order valence-electron chi connectivity index (χ2n) is 18.9. The van der Waals surface area contributed by atoms with Crippen LogP contribution in [-0.4, -0.2) is 104 Å². The number of phenols is 1. The summed E-state index contributed by atoms with van der Waals surface area (Å²) in [6.45, 7) is 3.37. The first kappa shape index (κ1) is 57.6. The molecule has 9 aromatic rings. The highest BCUT2D eigenvalue weighted by Gasteiger charge is 2.36. The largest absolute Gasteiger partial charge is 0.508 e. The molecule has 10 N–H and O–H groups in total. The lowest BCUT2D eigenvalue weighted by molar-refractivity contribution is -0.124. The number of amides is 5. The van der Waals surface area contributed by atoms with Gasteiger partial charge in [-0.3, -0.25) is 28.8 Å². The molecule has 1 aliphatic rings. The van der Waals surface area contributed by atoms with E-state index in [4.69, 9.17) is 43.0 Å². The molecule has 82 heavy (non-hydrogen) atoms. The average molecular weight is 1240 g/mol. The summed E-state index contributed by atoms with van der Waals surface area (Å²) >= 11 is 13.1. The summed E-state index contributed by atoms with van der Waals surface area (Å²) in [6, 6.07) is 14.8. The number of aromatic nitrogens is 7. The smallest absolute Gasteiger partial charge is 0.271 e. The Kier molecular flexibility index (Phi) is 17.5. The number of phenolic OH excluding ortho intramolecular Hbond substituents is 1. The van der Waals surface area contributed by atoms with Gasteiger partial charge in [0.2, 0.25) is 11.8 Å². The fourth-order valence-corrected chi connectivity index (χ4v) is 14.5. The van der Waals surface area contributed by atoms with Gasteiger partial charge >= 0.3 is 0 Å². The van der Waals surface area contributed by atoms with E-state index in [1.807, 2.05) is 0 Å². The number of nitrogens with one attached hydrogen (secondary N) is 3. The molecule has 0 fully saturated rings. The van der Waals surface area contributed by atoms with Crippen molar-refractivity contribution < 1.29 is 44.1 Å². The maximum Gasteiger partial charge on any atom is 0.271 e. The number of aryl methyl sites for hydroxylation is 1. The quantitative estimate of drug-likeness (QED) is 0.0573. The highest BCUT2D eigenvalue weighted by Crippen LogP contribution is 2.41. The normalized spacial score (nSPS) is 18.2. The molecule has 21 nitrogen and oxygen atoms in total. The molecule has 2 aromatic carbocycles. The Labute approximate surface area is 495 Å². The first-order chi connectivity index (χ1) is 39.4. The second-order valence-corrected chi connectivity index (χ2v) is 24.8. The maximum atomic E-state index is 14.8. The van der Waals surface area contributed by atoms with Gasteiger partial charge in [-0.05, 0) is 42.3 Å². The van der Waals surface area contributed by atoms with Gasteiger partial charge in [-0.1, -0.05) is 49.4 Å². The Hall–Kier alpha value is -7.60. The number of aliphatic hydroxyl groups is 2. The zero-order valence-corrected chi connectivity index (χ0v) is 48.7. The number of nitrogens with two attached hydrogens (primary N) is 2. The molecule has 8 heterocycles. The van der Waals surface area contributed by atoms with Crippen molar-refractivity contribution in [3.63, 3.8) is 0 Å². The molecule has 1 aliphatic heterocycles. The number of Topliss-reactive ketones (excluding diaryl/α,β-unsaturated/α-hetero) is 1. The number of aliphatic hydroxyl groups excluding tert-OH is 2. The summed E-state index contributed by atoms with van der Waals surface area (Å²) in [5.74, 6) is -6.02. The molecule has 0 unspecified atom stereocenters. The predicted molar refractivity (Wildman–Crippen MR) is 313 cm³/mol. The van der Waals surface area contributed by atoms with Crippen LogP contribution in [0.1, 0.15) is 117 Å². The van der Waals surface area contributed by atoms with Crippen molar-refractivity contribution in [2.75, 3.05) is 5.88 Å². The van der Waals surface area contributed by atoms with E-state index in [0.29, 0.717) is 64.4 Å². The molecule has 0 spiro atoms. The van der Waals surface area contributed by atoms with E-state index >= 15 is 0 Å². The lowest BCUT2D eigenvalue weighted by atomic mass is 9.90. The summed E-state index contributed by atoms with van der Waals surface area (Å²) in [7, 11) is 0. The van der Waals surface area contributed by atoms with Gasteiger partial charge in [-0.2, -0.15) is 0 Å². The van der Waals surface area contributed by atoms with Crippen LogP contribution in [0, 0.1) is 12.8 Å². The van der Waals surface area contributed by atoms with Crippen molar-refractivity contribution >= 4 is 115 Å². The fraction of sp³-hybridized carbons (Fsp3) is 0.241. The van der Waals surface area contributed by atoms with Gasteiger partial charge in [-0.25, -0.2) is 34.9 Å². The number of rotatable bonds is 11. The predicted octanol–water partition coefficient (Wildman–Crippen LogP) is 7.79. The first-order valence-electron chi connectivity index (χ1n) is 25.0. The Morgan fingerprint density at radius 3 is 2.02 bits per heavy atom. The van der Waals surface area contributed by atoms with Crippen LogP contribution < -0.4 is 27.4 Å². The van der Waals surface area contributed by atoms with E-state index < -0.39 is 77.5 Å². The number of hydrogen-bond donors (Lipinski definition) is 8. The van der Waals surface area contributed by atoms with Gasteiger partial charge in [0.1, 0.15) is 76.7 Å². The standard InChI is InChI=1S/C54H47ClN12O9S6/c1-23(39(70)17-55)41-54-65-37(22-81-54)52-61-33(18-79-52)43-28(12-13-30(58-43)51-62-34(19-80-51)45(57)73)49-63-36(20-77-49)48(76)60-32(16-40(56)71)53-67-42(24(2)82-53)38(69)15-29(44(72)26-6-4-3-5-7-26)50-64-35(21-78-50)47(75)59-31(46(74)66-41)14-25-8-10-27(68)11-9-25/h3-13,18-23,29,31-32,39,41,44,68,70,72H,14-17H2,1-2H3,(H2,56,71)(H2,57,73)(H,59,75)(H,60,76)(H,66,74)/t23-,29-,31-,32-,39-,41-,44+/m0/s1. The van der Waals surface area contributed by atoms with Crippen molar-refractivity contribution in [1.29, 1.82) is 0 Å². The van der Waals surface area contributed by atoms with Crippen molar-refractivity contribution in [3.05, 3.63) is 147 Å². The maximum absolute atomic E-state index is 14.8. The van der Waals surface area contributed by atoms with Crippen LogP contribution in [0.3, 0.4) is 0 Å². The molecule has 5 amide bonds. The zero-order chi connectivity index (χ0) is 57.9. The van der Waals surface area contributed by atoms with Crippen LogP contribution in [0.25, 0.3) is 43.4 Å². The third-order valence-corrected chi connectivity index (χ3v) is 19.2. The molecule has 28 heteroatoms. The molecule has 0 saturated carbocycles. The van der Waals surface area contributed by atoms with E-state index in [9.17, 15) is 44.1 Å². The average Bonchev–Trinajstić information content (AvgIpc) is 4.44. The van der Waals surface area contributed by atoms with Crippen molar-refractivity contribution in [1.82, 2.24) is 50.8 Å². The molecular formula is C54H47ClN12O9S6. The van der Waals surface area contributed by atoms with Crippen LogP contribution in [0.5, 0.6) is 5.75 Å². The van der Waals surface area contributed by atoms with Crippen LogP contribution >= 0.6 is 79.6 Å². The summed E-state index contributed by atoms with van der Waals surface area (Å²) in [4.78, 5) is 116. The summed E-state index contributed by atoms with van der Waals surface area (Å²) in [6.07, 6.45) is -3.22. The molecule has 7 atom stereocenters. The van der Waals surface area contributed by atoms with Crippen molar-refractivity contribution in [2.24, 2.45) is 17.4 Å². The molecule has 0 radical (unpaired) electrons. The monoisotopic (exact) mass is 1230 g/mol. The van der Waals surface area contributed by atoms with Gasteiger partial charge in [0.05, 0.1) is 41.4 Å². The van der Waals surface area contributed by atoms with E-state index in [-0.39, 0.29) is 63.7 Å². The van der Waals surface area contributed by atoms with E-state index in [1.165, 1.54) is 50.9 Å². The molecule has 7 aromatic heterocycles. The van der Waals surface area contributed by atoms with E-state index in [1.54, 1.807) is 79.2 Å². The number of alkyl halides is 1. The Balaban J connectivity index is 1.08. The van der Waals surface area contributed by atoms with Gasteiger partial charge in [0.25, 0.3) is 17.7 Å². The third kappa shape index (κ3) is 12.7. The molecule has 0 aliphatic carbocycles. The lowest BCUT2D eigenvalue weighted by Crippen LogP contribution is -2.50. The van der Waals surface area contributed by atoms with E-state index in [2.05, 4.69) is 30.9 Å². The third-order valence-electron chi connectivity index (χ3n) is 13.3. The highest BCUT2D eigenvalue weighted by atomic mass is 35.5. The number of nitrogens with zero attached hydrogens (tertiary/aromatic N) is 7. The molecule has 10 bridgehead atoms. The van der Waals surface area contributed by atoms with Gasteiger partial charge in [0.15, 0.2) is 5.78 Å². The molecule has 0 saturated heterocycles. The minimum absolute atomic E-state index is 0.0136. The van der Waals surface area contributed by atoms with Crippen molar-refractivity contribution in [3.8, 4) is 49.1 Å². The minimum Gasteiger partial charge on any atom is -0.508 e. The Morgan fingerprint density at radius 1 is 0.671 bits per heavy atom. The number of hydrogen-bond acceptors (Lipinski definition) is 22. The fourth-order valence-electron chi connectivity index (χ4n) is 8.86. The number of fused-ring (bicyclic) bond motifs is 14. The van der Waals surface area contributed by atoms with Gasteiger partial charge < -0.3 is 42.7 Å². The summed E-state index contributed by atoms with van der Waals surface area (Å²) in [5, 5.41) is 52.1. The van der Waals surface area contributed by atoms with Crippen LogP contribution in [0.2, 0.25) is 0 Å². The molecular weight excluding hydrogens is 1190 g/mol. The number of carbonyl (C=O) groups excluding carboxylic acids is 6. The van der Waals surface area contributed by atoms with Gasteiger partial charge in [-0.15, -0.1) is 79.6 Å². The van der Waals surface area contributed by atoms with E-state index in [0.717, 1.165) is 45.3 Å². The van der Waals surface area contributed by atoms with Crippen LogP contribution in [0.15, 0.2) is 93.6 Å². The SMILES string of the molecule is Cc1sc2nc1C(=O)C[C@@H]([C@H](O)c1ccccc1)c1nc(cs1)C(=O)N[C@@H](Cc1ccc(O)cc1)C(=O)N[C@@H]([C@@H](C)[C@@H](O)CCl)c1nc(cs1)-c1nc(cs1)-c1nc(-c3nc(C(N)=O)cs3)ccc1-c1nc(cs1)C(=O)N[C@H]2CC(N)=O. The van der Waals surface area contributed by atoms with Crippen LogP contribution in [-0.2, 0) is 16.0 Å². The summed E-state index contributed by atoms with van der Waals surface area (Å²) < 4.78 is 0. The lowest BCUT2D eigenvalue weighted by Gasteiger charge is -2.28. The highest BCUT2D eigenvalue weighted by molar-refractivity contribution is 7.15.